The third kappa shape index (κ3) is 17.6. The van der Waals surface area contributed by atoms with E-state index in [-0.39, 0.29) is 0 Å². The number of carboxylic acid groups (broad SMARTS) is 3. The van der Waals surface area contributed by atoms with Gasteiger partial charge in [0.2, 0.25) is 5.82 Å². The number of benzene rings is 6. The fourth-order valence-electron chi connectivity index (χ4n) is 5.43. The number of carboxylic acids is 3. The van der Waals surface area contributed by atoms with Crippen LogP contribution in [0, 0.1) is 75.6 Å². The van der Waals surface area contributed by atoms with Crippen LogP contribution in [-0.2, 0) is 12.8 Å². The Bertz CT molecular complexity index is 3000. The highest BCUT2D eigenvalue weighted by Crippen LogP contribution is 2.27. The second-order valence-electron chi connectivity index (χ2n) is 14.1. The van der Waals surface area contributed by atoms with E-state index >= 15 is 0 Å². The molecule has 0 radical (unpaired) electrons. The smallest absolute Gasteiger partial charge is 0.341 e. The van der Waals surface area contributed by atoms with Crippen LogP contribution in [0.4, 0.5) is 57.1 Å². The molecule has 0 aromatic heterocycles. The van der Waals surface area contributed by atoms with Gasteiger partial charge in [-0.15, -0.1) is 13.2 Å². The number of Topliss-reactive ketones (excluding diaryl/α,β-unsaturated/α-hetero) is 1. The number of hydrogen-bond donors (Lipinski definition) is 3. The fourth-order valence-corrected chi connectivity index (χ4v) is 5.43. The molecule has 6 rings (SSSR count). The van der Waals surface area contributed by atoms with Gasteiger partial charge >= 0.3 is 17.9 Å². The van der Waals surface area contributed by atoms with Crippen LogP contribution in [0.3, 0.4) is 0 Å². The van der Waals surface area contributed by atoms with Crippen molar-refractivity contribution < 1.29 is 91.6 Å². The molecule has 0 fully saturated rings. The van der Waals surface area contributed by atoms with E-state index in [0.29, 0.717) is 23.3 Å². The molecule has 0 heterocycles. The van der Waals surface area contributed by atoms with E-state index in [1.807, 2.05) is 36.4 Å². The highest BCUT2D eigenvalue weighted by molar-refractivity contribution is 5.95. The molecular weight excluding hydrogens is 1020 g/mol. The molecule has 7 nitrogen and oxygen atoms in total. The maximum Gasteiger partial charge on any atom is 0.341 e. The van der Waals surface area contributed by atoms with Gasteiger partial charge < -0.3 is 15.3 Å². The summed E-state index contributed by atoms with van der Waals surface area (Å²) in [7, 11) is 0. The third-order valence-electron chi connectivity index (χ3n) is 9.23. The quantitative estimate of drug-likeness (QED) is 0.0366. The van der Waals surface area contributed by atoms with Gasteiger partial charge in [0.05, 0.1) is 27.8 Å². The Morgan fingerprint density at radius 3 is 1.03 bits per heavy atom. The van der Waals surface area contributed by atoms with E-state index < -0.39 is 134 Å². The summed E-state index contributed by atoms with van der Waals surface area (Å²) in [5.74, 6) is -28.7. The molecule has 0 saturated heterocycles. The van der Waals surface area contributed by atoms with Gasteiger partial charge in [0.15, 0.2) is 75.6 Å². The van der Waals surface area contributed by atoms with Crippen molar-refractivity contribution in [3.8, 4) is 0 Å². The molecule has 0 unspecified atom stereocenters. The topological polar surface area (TPSA) is 129 Å². The molecule has 0 saturated carbocycles. The summed E-state index contributed by atoms with van der Waals surface area (Å²) in [6, 6.07) is 23.4. The molecule has 0 amide bonds. The van der Waals surface area contributed by atoms with Crippen LogP contribution >= 0.6 is 0 Å². The Morgan fingerprint density at radius 2 is 0.720 bits per heavy atom. The molecule has 0 bridgehead atoms. The van der Waals surface area contributed by atoms with Gasteiger partial charge in [-0.05, 0) is 60.7 Å². The zero-order valence-corrected chi connectivity index (χ0v) is 39.0. The van der Waals surface area contributed by atoms with Crippen LogP contribution in [0.25, 0.3) is 24.3 Å². The second-order valence-corrected chi connectivity index (χ2v) is 14.1. The molecule has 6 aromatic carbocycles. The molecule has 0 aliphatic heterocycles. The molecule has 394 valence electrons. The maximum absolute atomic E-state index is 13.2. The summed E-state index contributed by atoms with van der Waals surface area (Å²) < 4.78 is 167. The Balaban J connectivity index is 0.000000455. The Labute approximate surface area is 420 Å². The monoisotopic (exact) mass is 1060 g/mol. The lowest BCUT2D eigenvalue weighted by molar-refractivity contribution is 0.0675. The minimum atomic E-state index is -2.17. The number of allylic oxidation sites excluding steroid dienone is 2. The van der Waals surface area contributed by atoms with Crippen LogP contribution in [0.2, 0.25) is 0 Å². The number of aromatic carboxylic acids is 3. The molecule has 0 aliphatic rings. The highest BCUT2D eigenvalue weighted by Gasteiger charge is 2.29. The first-order valence-corrected chi connectivity index (χ1v) is 20.6. The number of ketones is 1. The number of carbonyl (C=O) groups is 4. The lowest BCUT2D eigenvalue weighted by atomic mass is 10.1. The highest BCUT2D eigenvalue weighted by atomic mass is 19.2. The van der Waals surface area contributed by atoms with Gasteiger partial charge in [-0.1, -0.05) is 117 Å². The van der Waals surface area contributed by atoms with Crippen molar-refractivity contribution in [3.63, 3.8) is 0 Å². The standard InChI is InChI=1S/C10H6F4O2.C10H6F4O.C10H10O2.C9H8O2.C8H3F5.C8H8/c1-2-3-4-6(11)8(13)5(10(15)16)9(14)7(4)12;1-3-5-7(11)9(13)6(4(2)15)10(14)8(5)12;1-2-3-8-4-6-9(7-5-8)10(11)12;1-2-7-3-5-8(6-4-7)9(10)11;1-2-3-4(9)6(11)8(13)7(12)5(3)10;1-2-8-6-4-3-5-7-8/h2H,1,3H2,(H,15,16);3H,1H2,2H3;2,4-7H,1,3H2,(H,11,12);2-6H,1H2,(H,10,11);2H,1H2;2-7H,1H2. The normalized spacial score (nSPS) is 9.73. The van der Waals surface area contributed by atoms with Gasteiger partial charge in [-0.25, -0.2) is 71.5 Å². The first-order chi connectivity index (χ1) is 35.2. The third-order valence-corrected chi connectivity index (χ3v) is 9.23. The summed E-state index contributed by atoms with van der Waals surface area (Å²) in [5, 5.41) is 25.5. The maximum atomic E-state index is 13.2. The summed E-state index contributed by atoms with van der Waals surface area (Å²) in [6.07, 6.45) is 7.88. The number of hydrogen-bond acceptors (Lipinski definition) is 4. The predicted molar refractivity (Wildman–Crippen MR) is 257 cm³/mol. The molecule has 0 aliphatic carbocycles. The Kier molecular flexibility index (Phi) is 26.2. The summed E-state index contributed by atoms with van der Waals surface area (Å²) in [4.78, 5) is 42.0. The summed E-state index contributed by atoms with van der Waals surface area (Å²) in [5.41, 5.74) is -1.87. The van der Waals surface area contributed by atoms with E-state index in [2.05, 4.69) is 39.5 Å². The van der Waals surface area contributed by atoms with Crippen LogP contribution in [0.5, 0.6) is 0 Å². The average molecular weight is 1060 g/mol. The predicted octanol–water partition coefficient (Wildman–Crippen LogP) is 15.3. The molecule has 0 spiro atoms. The van der Waals surface area contributed by atoms with Crippen molar-refractivity contribution in [2.45, 2.75) is 19.8 Å². The fraction of sp³-hybridized carbons (Fsp3) is 0.0545. The molecular formula is C55H41F13O7. The van der Waals surface area contributed by atoms with E-state index in [1.54, 1.807) is 60.7 Å². The lowest BCUT2D eigenvalue weighted by Crippen LogP contribution is -2.12. The Morgan fingerprint density at radius 1 is 0.387 bits per heavy atom. The SMILES string of the molecule is C=CCc1c(F)c(F)c(C(=O)O)c(F)c1F.C=CCc1ccc(C(=O)O)cc1.C=Cc1c(F)c(F)c(C(C)=O)c(F)c1F.C=Cc1c(F)c(F)c(F)c(F)c1F.C=Cc1ccc(C(=O)O)cc1.C=Cc1ccccc1. The first-order valence-electron chi connectivity index (χ1n) is 20.6. The summed E-state index contributed by atoms with van der Waals surface area (Å²) >= 11 is 0. The second kappa shape index (κ2) is 30.7. The van der Waals surface area contributed by atoms with Crippen molar-refractivity contribution in [2.24, 2.45) is 0 Å². The number of rotatable bonds is 12. The number of halogens is 13. The first kappa shape index (κ1) is 63.9. The average Bonchev–Trinajstić information content (AvgIpc) is 3.39. The molecule has 3 N–H and O–H groups in total. The van der Waals surface area contributed by atoms with Crippen molar-refractivity contribution in [3.05, 3.63) is 262 Å². The zero-order chi connectivity index (χ0) is 57.4. The van der Waals surface area contributed by atoms with Crippen LogP contribution < -0.4 is 0 Å². The van der Waals surface area contributed by atoms with Gasteiger partial charge in [0.1, 0.15) is 5.56 Å². The minimum Gasteiger partial charge on any atom is -0.478 e. The van der Waals surface area contributed by atoms with Crippen LogP contribution in [-0.4, -0.2) is 39.0 Å². The van der Waals surface area contributed by atoms with Crippen molar-refractivity contribution in [1.29, 1.82) is 0 Å². The largest absolute Gasteiger partial charge is 0.478 e. The van der Waals surface area contributed by atoms with Gasteiger partial charge in [0.25, 0.3) is 0 Å². The van der Waals surface area contributed by atoms with Gasteiger partial charge in [-0.3, -0.25) is 4.79 Å². The molecule has 6 aromatic rings. The van der Waals surface area contributed by atoms with Crippen molar-refractivity contribution >= 4 is 48.0 Å². The van der Waals surface area contributed by atoms with Crippen LogP contribution in [0.15, 0.2) is 130 Å². The molecule has 0 atom stereocenters. The zero-order valence-electron chi connectivity index (χ0n) is 39.0. The molecule has 20 heteroatoms. The summed E-state index contributed by atoms with van der Waals surface area (Å²) in [6.45, 7) is 20.7. The van der Waals surface area contributed by atoms with E-state index in [9.17, 15) is 76.3 Å². The van der Waals surface area contributed by atoms with E-state index in [0.717, 1.165) is 30.5 Å². The van der Waals surface area contributed by atoms with E-state index in [1.165, 1.54) is 5.56 Å². The molecule has 75 heavy (non-hydrogen) atoms. The van der Waals surface area contributed by atoms with Gasteiger partial charge in [-0.2, -0.15) is 0 Å². The Hall–Kier alpha value is -9.07. The van der Waals surface area contributed by atoms with Crippen molar-refractivity contribution in [2.75, 3.05) is 0 Å². The van der Waals surface area contributed by atoms with Crippen molar-refractivity contribution in [1.82, 2.24) is 0 Å². The number of carbonyl (C=O) groups excluding carboxylic acids is 1. The van der Waals surface area contributed by atoms with Gasteiger partial charge in [0, 0.05) is 5.56 Å². The lowest BCUT2D eigenvalue weighted by Gasteiger charge is -2.07. The minimum absolute atomic E-state index is 0.301. The van der Waals surface area contributed by atoms with Crippen LogP contribution in [0.1, 0.15) is 81.7 Å². The van der Waals surface area contributed by atoms with E-state index in [4.69, 9.17) is 15.3 Å².